The molecule has 5 unspecified atom stereocenters. The van der Waals surface area contributed by atoms with Crippen LogP contribution in [0.15, 0.2) is 0 Å². The molecule has 0 rings (SSSR count). The molecule has 0 amide bonds. The van der Waals surface area contributed by atoms with Gasteiger partial charge in [-0.3, -0.25) is 37.3 Å². The number of carbonyl (C=O) groups is 4. The molecule has 17 nitrogen and oxygen atoms in total. The number of carbonyl (C=O) groups excluding carboxylic acids is 4. The highest BCUT2D eigenvalue weighted by Gasteiger charge is 2.30. The Balaban J connectivity index is 5.24. The number of phosphoric ester groups is 2. The van der Waals surface area contributed by atoms with E-state index in [4.69, 9.17) is 37.0 Å². The zero-order valence-corrected chi connectivity index (χ0v) is 63.4. The monoisotopic (exact) mass is 1380 g/mol. The third-order valence-electron chi connectivity index (χ3n) is 18.4. The van der Waals surface area contributed by atoms with Crippen molar-refractivity contribution in [1.82, 2.24) is 0 Å². The van der Waals surface area contributed by atoms with Gasteiger partial charge in [0.25, 0.3) is 0 Å². The van der Waals surface area contributed by atoms with E-state index in [0.29, 0.717) is 25.7 Å². The highest BCUT2D eigenvalue weighted by atomic mass is 31.2. The van der Waals surface area contributed by atoms with Gasteiger partial charge in [0.1, 0.15) is 19.3 Å². The minimum absolute atomic E-state index is 0.102. The minimum atomic E-state index is -4.96. The molecule has 0 aromatic carbocycles. The van der Waals surface area contributed by atoms with Crippen LogP contribution in [-0.2, 0) is 65.4 Å². The topological polar surface area (TPSA) is 237 Å². The summed E-state index contributed by atoms with van der Waals surface area (Å²) in [5.41, 5.74) is 0. The van der Waals surface area contributed by atoms with Crippen molar-refractivity contribution in [2.45, 2.75) is 395 Å². The summed E-state index contributed by atoms with van der Waals surface area (Å²) < 4.78 is 68.4. The second-order valence-electron chi connectivity index (χ2n) is 28.2. The average molecular weight is 1380 g/mol. The van der Waals surface area contributed by atoms with Gasteiger partial charge in [0, 0.05) is 25.7 Å². The maximum absolute atomic E-state index is 13.1. The second-order valence-corrected chi connectivity index (χ2v) is 31.1. The predicted molar refractivity (Wildman–Crippen MR) is 381 cm³/mol. The first-order valence-electron chi connectivity index (χ1n) is 38.8. The lowest BCUT2D eigenvalue weighted by Gasteiger charge is -2.21. The Morgan fingerprint density at radius 1 is 0.298 bits per heavy atom. The summed E-state index contributed by atoms with van der Waals surface area (Å²) in [7, 11) is -9.91. The van der Waals surface area contributed by atoms with Gasteiger partial charge in [-0.1, -0.05) is 325 Å². The molecule has 0 aromatic rings. The fraction of sp³-hybridized carbons (Fsp3) is 0.947. The lowest BCUT2D eigenvalue weighted by Crippen LogP contribution is -2.30. The smallest absolute Gasteiger partial charge is 0.462 e. The van der Waals surface area contributed by atoms with Crippen LogP contribution in [0.1, 0.15) is 376 Å². The first kappa shape index (κ1) is 92.1. The van der Waals surface area contributed by atoms with E-state index < -0.39 is 97.5 Å². The van der Waals surface area contributed by atoms with Crippen LogP contribution in [0.4, 0.5) is 0 Å². The maximum Gasteiger partial charge on any atom is 0.472 e. The van der Waals surface area contributed by atoms with E-state index in [2.05, 4.69) is 55.4 Å². The van der Waals surface area contributed by atoms with E-state index in [9.17, 15) is 43.2 Å². The number of aliphatic hydroxyl groups excluding tert-OH is 1. The molecule has 8 atom stereocenters. The molecule has 0 aliphatic heterocycles. The number of aliphatic hydroxyl groups is 1. The van der Waals surface area contributed by atoms with Crippen LogP contribution < -0.4 is 0 Å². The third kappa shape index (κ3) is 64.7. The van der Waals surface area contributed by atoms with Crippen molar-refractivity contribution in [3.8, 4) is 0 Å². The Kier molecular flexibility index (Phi) is 63.1. The molecule has 0 bridgehead atoms. The van der Waals surface area contributed by atoms with Gasteiger partial charge in [-0.2, -0.15) is 0 Å². The summed E-state index contributed by atoms with van der Waals surface area (Å²) in [5.74, 6) is 0.962. The van der Waals surface area contributed by atoms with Crippen molar-refractivity contribution >= 4 is 39.5 Å². The van der Waals surface area contributed by atoms with Crippen LogP contribution in [0.2, 0.25) is 0 Å². The summed E-state index contributed by atoms with van der Waals surface area (Å²) >= 11 is 0. The molecule has 558 valence electrons. The lowest BCUT2D eigenvalue weighted by molar-refractivity contribution is -0.161. The van der Waals surface area contributed by atoms with Crippen LogP contribution in [0, 0.1) is 23.7 Å². The number of unbranched alkanes of at least 4 members (excludes halogenated alkanes) is 35. The SMILES string of the molecule is CCC(C)CCCCCCCCCCCCCCCCC(=O)OC[C@H](COP(=O)(O)OC[C@@H](O)COP(=O)(O)OC[C@@H](COC(=O)CCCCCCCCC(C)CC)OC(=O)CCCCCCCCC(C)CC)OC(=O)CCCCCCCCCCCCCCCC(C)C. The van der Waals surface area contributed by atoms with Crippen LogP contribution in [0.25, 0.3) is 0 Å². The first-order chi connectivity index (χ1) is 45.2. The second kappa shape index (κ2) is 64.4. The van der Waals surface area contributed by atoms with Gasteiger partial charge in [-0.15, -0.1) is 0 Å². The van der Waals surface area contributed by atoms with E-state index in [1.54, 1.807) is 0 Å². The molecule has 3 N–H and O–H groups in total. The van der Waals surface area contributed by atoms with E-state index in [0.717, 1.165) is 120 Å². The molecular weight excluding hydrogens is 1230 g/mol. The Hall–Kier alpha value is -1.94. The normalized spacial score (nSPS) is 15.0. The Morgan fingerprint density at radius 3 is 0.755 bits per heavy atom. The minimum Gasteiger partial charge on any atom is -0.462 e. The van der Waals surface area contributed by atoms with Crippen LogP contribution in [-0.4, -0.2) is 96.7 Å². The van der Waals surface area contributed by atoms with Crippen molar-refractivity contribution in [1.29, 1.82) is 0 Å². The van der Waals surface area contributed by atoms with E-state index in [1.807, 2.05) is 0 Å². The Bertz CT molecular complexity index is 1860. The molecule has 0 aliphatic carbocycles. The summed E-state index contributed by atoms with van der Waals surface area (Å²) in [5, 5.41) is 10.6. The molecule has 94 heavy (non-hydrogen) atoms. The summed E-state index contributed by atoms with van der Waals surface area (Å²) in [6, 6.07) is 0. The lowest BCUT2D eigenvalue weighted by atomic mass is 9.99. The number of hydrogen-bond acceptors (Lipinski definition) is 15. The molecule has 0 fully saturated rings. The highest BCUT2D eigenvalue weighted by Crippen LogP contribution is 2.45. The zero-order chi connectivity index (χ0) is 69.6. The quantitative estimate of drug-likeness (QED) is 0.0222. The van der Waals surface area contributed by atoms with Crippen LogP contribution >= 0.6 is 15.6 Å². The summed E-state index contributed by atoms with van der Waals surface area (Å²) in [6.07, 6.45) is 48.6. The molecule has 0 saturated carbocycles. The number of esters is 4. The number of rotatable bonds is 72. The zero-order valence-electron chi connectivity index (χ0n) is 61.6. The van der Waals surface area contributed by atoms with Crippen LogP contribution in [0.5, 0.6) is 0 Å². The number of ether oxygens (including phenoxy) is 4. The van der Waals surface area contributed by atoms with Crippen LogP contribution in [0.3, 0.4) is 0 Å². The van der Waals surface area contributed by atoms with Crippen molar-refractivity contribution < 1.29 is 80.2 Å². The van der Waals surface area contributed by atoms with Gasteiger partial charge in [0.05, 0.1) is 26.4 Å². The van der Waals surface area contributed by atoms with Gasteiger partial charge in [-0.25, -0.2) is 9.13 Å². The van der Waals surface area contributed by atoms with E-state index in [1.165, 1.54) is 173 Å². The molecule has 0 heterocycles. The maximum atomic E-state index is 13.1. The Labute approximate surface area is 575 Å². The fourth-order valence-corrected chi connectivity index (χ4v) is 12.9. The molecule has 0 spiro atoms. The fourth-order valence-electron chi connectivity index (χ4n) is 11.3. The summed E-state index contributed by atoms with van der Waals surface area (Å²) in [4.78, 5) is 72.7. The van der Waals surface area contributed by atoms with Gasteiger partial charge < -0.3 is 33.8 Å². The van der Waals surface area contributed by atoms with Crippen molar-refractivity contribution in [3.05, 3.63) is 0 Å². The van der Waals surface area contributed by atoms with Gasteiger partial charge in [0.15, 0.2) is 12.2 Å². The van der Waals surface area contributed by atoms with Gasteiger partial charge >= 0.3 is 39.5 Å². The third-order valence-corrected chi connectivity index (χ3v) is 20.3. The summed E-state index contributed by atoms with van der Waals surface area (Å²) in [6.45, 7) is 14.2. The van der Waals surface area contributed by atoms with E-state index in [-0.39, 0.29) is 25.7 Å². The van der Waals surface area contributed by atoms with Crippen molar-refractivity contribution in [3.63, 3.8) is 0 Å². The molecule has 19 heteroatoms. The van der Waals surface area contributed by atoms with E-state index >= 15 is 0 Å². The molecular formula is C75H146O17P2. The first-order valence-corrected chi connectivity index (χ1v) is 41.8. The predicted octanol–water partition coefficient (Wildman–Crippen LogP) is 21.7. The van der Waals surface area contributed by atoms with Crippen molar-refractivity contribution in [2.24, 2.45) is 23.7 Å². The number of phosphoric acid groups is 2. The largest absolute Gasteiger partial charge is 0.472 e. The van der Waals surface area contributed by atoms with Gasteiger partial charge in [0.2, 0.25) is 0 Å². The standard InChI is InChI=1S/C75H146O17P2/c1-9-66(6)52-44-36-28-24-20-16-12-13-17-21-25-29-39-47-55-72(77)85-61-70(91-74(79)57-49-41-30-26-22-18-14-15-19-23-27-35-43-51-65(4)5)63-89-93(81,82)87-59-69(76)60-88-94(83,84)90-64-71(92-75(80)58-50-42-34-32-38-46-54-68(8)11-3)62-86-73(78)56-48-40-33-31-37-45-53-67(7)10-2/h65-71,76H,9-64H2,1-8H3,(H,81,82)(H,83,84)/t66?,67?,68?,69-,70-,71-/m1/s1. The van der Waals surface area contributed by atoms with Gasteiger partial charge in [-0.05, 0) is 49.4 Å². The molecule has 0 radical (unpaired) electrons. The average Bonchev–Trinajstić information content (AvgIpc) is 1.29. The molecule has 0 aliphatic rings. The highest BCUT2D eigenvalue weighted by molar-refractivity contribution is 7.47. The Morgan fingerprint density at radius 2 is 0.511 bits per heavy atom. The molecule has 0 saturated heterocycles. The molecule has 0 aromatic heterocycles. The number of hydrogen-bond donors (Lipinski definition) is 3. The van der Waals surface area contributed by atoms with Crippen molar-refractivity contribution in [2.75, 3.05) is 39.6 Å².